The molecule has 0 unspecified atom stereocenters. The molecule has 19 heavy (non-hydrogen) atoms. The van der Waals surface area contributed by atoms with Crippen LogP contribution in [0.2, 0.25) is 0 Å². The van der Waals surface area contributed by atoms with Gasteiger partial charge in [-0.15, -0.1) is 0 Å². The number of carbonyl (C=O) groups excluding carboxylic acids is 2. The number of carbonyl (C=O) groups is 2. The molecule has 0 radical (unpaired) electrons. The predicted octanol–water partition coefficient (Wildman–Crippen LogP) is 2.21. The van der Waals surface area contributed by atoms with Crippen LogP contribution in [0.1, 0.15) is 18.9 Å². The van der Waals surface area contributed by atoms with E-state index >= 15 is 0 Å². The van der Waals surface area contributed by atoms with Gasteiger partial charge in [-0.1, -0.05) is 0 Å². The van der Waals surface area contributed by atoms with Crippen molar-refractivity contribution in [1.82, 2.24) is 0 Å². The van der Waals surface area contributed by atoms with E-state index in [0.29, 0.717) is 12.2 Å². The molecule has 1 aromatic carbocycles. The molecule has 1 heterocycles. The Morgan fingerprint density at radius 3 is 2.89 bits per heavy atom. The molecule has 0 aromatic heterocycles. The highest BCUT2D eigenvalue weighted by Gasteiger charge is 2.25. The summed E-state index contributed by atoms with van der Waals surface area (Å²) >= 11 is 3.43. The standard InChI is InChI=1S/C13H12BrN3O2/c1-8(18)17-5-3-9-6-10(7-11(14)13(9)17)16-12(19)2-4-15/h6-7H,2-3,5H2,1H3,(H,16,19). The first-order chi connectivity index (χ1) is 9.02. The maximum Gasteiger partial charge on any atom is 0.238 e. The predicted molar refractivity (Wildman–Crippen MR) is 74.7 cm³/mol. The molecule has 1 N–H and O–H groups in total. The Kier molecular flexibility index (Phi) is 3.86. The third-order valence-corrected chi connectivity index (χ3v) is 3.52. The van der Waals surface area contributed by atoms with Crippen LogP contribution in [0.15, 0.2) is 16.6 Å². The molecule has 1 aliphatic heterocycles. The Morgan fingerprint density at radius 2 is 2.26 bits per heavy atom. The maximum absolute atomic E-state index is 11.5. The molecule has 2 rings (SSSR count). The number of halogens is 1. The number of amides is 2. The van der Waals surface area contributed by atoms with E-state index in [4.69, 9.17) is 5.26 Å². The van der Waals surface area contributed by atoms with Crippen molar-refractivity contribution in [3.63, 3.8) is 0 Å². The molecule has 0 bridgehead atoms. The second kappa shape index (κ2) is 5.41. The van der Waals surface area contributed by atoms with E-state index in [0.717, 1.165) is 22.1 Å². The van der Waals surface area contributed by atoms with Crippen molar-refractivity contribution in [2.75, 3.05) is 16.8 Å². The van der Waals surface area contributed by atoms with Gasteiger partial charge in [-0.25, -0.2) is 0 Å². The van der Waals surface area contributed by atoms with Gasteiger partial charge in [0.1, 0.15) is 6.42 Å². The monoisotopic (exact) mass is 321 g/mol. The third kappa shape index (κ3) is 2.76. The van der Waals surface area contributed by atoms with Gasteiger partial charge in [0.05, 0.1) is 11.8 Å². The smallest absolute Gasteiger partial charge is 0.238 e. The molecule has 98 valence electrons. The van der Waals surface area contributed by atoms with Gasteiger partial charge < -0.3 is 10.2 Å². The zero-order chi connectivity index (χ0) is 14.0. The Hall–Kier alpha value is -1.87. The minimum absolute atomic E-state index is 0.000663. The highest BCUT2D eigenvalue weighted by molar-refractivity contribution is 9.10. The lowest BCUT2D eigenvalue weighted by molar-refractivity contribution is -0.116. The Bertz CT molecular complexity index is 592. The lowest BCUT2D eigenvalue weighted by atomic mass is 10.1. The van der Waals surface area contributed by atoms with Crippen molar-refractivity contribution in [2.24, 2.45) is 0 Å². The molecule has 1 aromatic rings. The number of fused-ring (bicyclic) bond motifs is 1. The van der Waals surface area contributed by atoms with Crippen LogP contribution in [0.5, 0.6) is 0 Å². The Morgan fingerprint density at radius 1 is 1.53 bits per heavy atom. The van der Waals surface area contributed by atoms with Gasteiger partial charge in [0.25, 0.3) is 0 Å². The van der Waals surface area contributed by atoms with Crippen LogP contribution in [0, 0.1) is 11.3 Å². The summed E-state index contributed by atoms with van der Waals surface area (Å²) in [6.07, 6.45) is 0.587. The number of rotatable bonds is 2. The summed E-state index contributed by atoms with van der Waals surface area (Å²) in [4.78, 5) is 24.6. The third-order valence-electron chi connectivity index (χ3n) is 2.92. The van der Waals surface area contributed by atoms with Crippen LogP contribution in [0.3, 0.4) is 0 Å². The first kappa shape index (κ1) is 13.6. The van der Waals surface area contributed by atoms with Crippen LogP contribution in [0.25, 0.3) is 0 Å². The fourth-order valence-electron chi connectivity index (χ4n) is 2.16. The fraction of sp³-hybridized carbons (Fsp3) is 0.308. The van der Waals surface area contributed by atoms with E-state index in [9.17, 15) is 9.59 Å². The minimum atomic E-state index is -0.337. The summed E-state index contributed by atoms with van der Waals surface area (Å²) in [5.74, 6) is -0.337. The van der Waals surface area contributed by atoms with Gasteiger partial charge in [0, 0.05) is 23.6 Å². The van der Waals surface area contributed by atoms with Crippen LogP contribution in [0.4, 0.5) is 11.4 Å². The average Bonchev–Trinajstić information content (AvgIpc) is 2.73. The van der Waals surface area contributed by atoms with Crippen molar-refractivity contribution in [1.29, 1.82) is 5.26 Å². The number of benzene rings is 1. The van der Waals surface area contributed by atoms with Gasteiger partial charge in [-0.3, -0.25) is 9.59 Å². The molecule has 5 nitrogen and oxygen atoms in total. The van der Waals surface area contributed by atoms with Gasteiger partial charge in [-0.05, 0) is 40.0 Å². The van der Waals surface area contributed by atoms with Crippen molar-refractivity contribution in [3.8, 4) is 6.07 Å². The molecule has 2 amide bonds. The average molecular weight is 322 g/mol. The van der Waals surface area contributed by atoms with Crippen molar-refractivity contribution in [3.05, 3.63) is 22.2 Å². The van der Waals surface area contributed by atoms with E-state index in [-0.39, 0.29) is 18.2 Å². The summed E-state index contributed by atoms with van der Waals surface area (Å²) in [6, 6.07) is 5.39. The fourth-order valence-corrected chi connectivity index (χ4v) is 2.87. The van der Waals surface area contributed by atoms with Gasteiger partial charge >= 0.3 is 0 Å². The lowest BCUT2D eigenvalue weighted by Crippen LogP contribution is -2.26. The zero-order valence-corrected chi connectivity index (χ0v) is 12.0. The first-order valence-corrected chi connectivity index (χ1v) is 6.59. The quantitative estimate of drug-likeness (QED) is 0.907. The second-order valence-corrected chi connectivity index (χ2v) is 5.12. The van der Waals surface area contributed by atoms with Gasteiger partial charge in [0.2, 0.25) is 11.8 Å². The molecule has 0 fully saturated rings. The van der Waals surface area contributed by atoms with Crippen molar-refractivity contribution in [2.45, 2.75) is 19.8 Å². The summed E-state index contributed by atoms with van der Waals surface area (Å²) in [5.41, 5.74) is 2.51. The molecule has 1 aliphatic rings. The minimum Gasteiger partial charge on any atom is -0.325 e. The summed E-state index contributed by atoms with van der Waals surface area (Å²) in [5, 5.41) is 11.1. The first-order valence-electron chi connectivity index (χ1n) is 5.80. The van der Waals surface area contributed by atoms with Crippen LogP contribution >= 0.6 is 15.9 Å². The molecular weight excluding hydrogens is 310 g/mol. The van der Waals surface area contributed by atoms with Gasteiger partial charge in [-0.2, -0.15) is 5.26 Å². The second-order valence-electron chi connectivity index (χ2n) is 4.27. The number of hydrogen-bond donors (Lipinski definition) is 1. The van der Waals surface area contributed by atoms with E-state index < -0.39 is 0 Å². The normalized spacial score (nSPS) is 12.8. The molecule has 6 heteroatoms. The lowest BCUT2D eigenvalue weighted by Gasteiger charge is -2.17. The van der Waals surface area contributed by atoms with E-state index in [2.05, 4.69) is 21.2 Å². The Labute approximate surface area is 119 Å². The number of anilines is 2. The number of nitriles is 1. The van der Waals surface area contributed by atoms with Crippen molar-refractivity contribution >= 4 is 39.1 Å². The molecular formula is C13H12BrN3O2. The van der Waals surface area contributed by atoms with Crippen LogP contribution in [-0.4, -0.2) is 18.4 Å². The highest BCUT2D eigenvalue weighted by atomic mass is 79.9. The summed E-state index contributed by atoms with van der Waals surface area (Å²) in [7, 11) is 0. The topological polar surface area (TPSA) is 73.2 Å². The van der Waals surface area contributed by atoms with Gasteiger partial charge in [0.15, 0.2) is 0 Å². The van der Waals surface area contributed by atoms with E-state index in [1.165, 1.54) is 6.92 Å². The van der Waals surface area contributed by atoms with Crippen LogP contribution in [-0.2, 0) is 16.0 Å². The summed E-state index contributed by atoms with van der Waals surface area (Å²) in [6.45, 7) is 2.18. The molecule has 0 spiro atoms. The number of nitrogens with one attached hydrogen (secondary N) is 1. The molecule has 0 atom stereocenters. The largest absolute Gasteiger partial charge is 0.325 e. The van der Waals surface area contributed by atoms with Crippen LogP contribution < -0.4 is 10.2 Å². The molecule has 0 saturated heterocycles. The highest BCUT2D eigenvalue weighted by Crippen LogP contribution is 2.38. The SMILES string of the molecule is CC(=O)N1CCc2cc(NC(=O)CC#N)cc(Br)c21. The maximum atomic E-state index is 11.5. The molecule has 0 saturated carbocycles. The number of nitrogens with zero attached hydrogens (tertiary/aromatic N) is 2. The zero-order valence-electron chi connectivity index (χ0n) is 10.4. The van der Waals surface area contributed by atoms with E-state index in [1.54, 1.807) is 17.0 Å². The summed E-state index contributed by atoms with van der Waals surface area (Å²) < 4.78 is 0.768. The number of hydrogen-bond acceptors (Lipinski definition) is 3. The molecule has 0 aliphatic carbocycles. The van der Waals surface area contributed by atoms with E-state index in [1.807, 2.05) is 6.07 Å². The Balaban J connectivity index is 2.29. The van der Waals surface area contributed by atoms with Crippen molar-refractivity contribution < 1.29 is 9.59 Å².